The van der Waals surface area contributed by atoms with E-state index in [9.17, 15) is 4.79 Å². The van der Waals surface area contributed by atoms with Gasteiger partial charge in [-0.25, -0.2) is 0 Å². The number of nitrogens with one attached hydrogen (secondary N) is 1. The van der Waals surface area contributed by atoms with Crippen LogP contribution in [0.4, 0.5) is 0 Å². The summed E-state index contributed by atoms with van der Waals surface area (Å²) in [4.78, 5) is 13.9. The van der Waals surface area contributed by atoms with Gasteiger partial charge in [0.1, 0.15) is 0 Å². The van der Waals surface area contributed by atoms with Crippen molar-refractivity contribution in [2.24, 2.45) is 11.8 Å². The van der Waals surface area contributed by atoms with E-state index in [1.807, 2.05) is 13.8 Å². The Morgan fingerprint density at radius 1 is 1.33 bits per heavy atom. The van der Waals surface area contributed by atoms with Crippen LogP contribution in [0.3, 0.4) is 0 Å². The number of rotatable bonds is 7. The molecule has 1 heterocycles. The number of hydrogen-bond donors (Lipinski definition) is 1. The highest BCUT2D eigenvalue weighted by atomic mass is 16.1. The molecule has 0 aromatic heterocycles. The maximum atomic E-state index is 11.4. The lowest BCUT2D eigenvalue weighted by atomic mass is 9.92. The lowest BCUT2D eigenvalue weighted by Gasteiger charge is -2.32. The van der Waals surface area contributed by atoms with E-state index < -0.39 is 0 Å². The summed E-state index contributed by atoms with van der Waals surface area (Å²) in [7, 11) is 0. The maximum Gasteiger partial charge on any atom is 0.222 e. The molecule has 0 saturated carbocycles. The van der Waals surface area contributed by atoms with Gasteiger partial charge in [-0.3, -0.25) is 4.79 Å². The van der Waals surface area contributed by atoms with Crippen LogP contribution in [0, 0.1) is 11.8 Å². The lowest BCUT2D eigenvalue weighted by Crippen LogP contribution is -2.40. The highest BCUT2D eigenvalue weighted by molar-refractivity contribution is 5.77. The van der Waals surface area contributed by atoms with E-state index >= 15 is 0 Å². The SMILES string of the molecule is CCCCC1CCN(CCNC(=O)C(C)C)CC1. The Morgan fingerprint density at radius 3 is 2.56 bits per heavy atom. The van der Waals surface area contributed by atoms with Gasteiger partial charge in [0.2, 0.25) is 5.91 Å². The van der Waals surface area contributed by atoms with Crippen LogP contribution in [0.15, 0.2) is 0 Å². The molecule has 1 aliphatic heterocycles. The number of hydrogen-bond acceptors (Lipinski definition) is 2. The quantitative estimate of drug-likeness (QED) is 0.757. The number of unbranched alkanes of at least 4 members (excludes halogenated alkanes) is 1. The summed E-state index contributed by atoms with van der Waals surface area (Å²) in [6.45, 7) is 10.4. The first-order valence-electron chi connectivity index (χ1n) is 7.63. The largest absolute Gasteiger partial charge is 0.355 e. The number of carbonyl (C=O) groups is 1. The summed E-state index contributed by atoms with van der Waals surface area (Å²) in [5.41, 5.74) is 0. The number of nitrogens with zero attached hydrogens (tertiary/aromatic N) is 1. The van der Waals surface area contributed by atoms with E-state index in [0.29, 0.717) is 0 Å². The van der Waals surface area contributed by atoms with Crippen molar-refractivity contribution in [3.05, 3.63) is 0 Å². The first kappa shape index (κ1) is 15.5. The molecular weight excluding hydrogens is 224 g/mol. The third-order valence-corrected chi connectivity index (χ3v) is 3.92. The van der Waals surface area contributed by atoms with Crippen molar-refractivity contribution >= 4 is 5.91 Å². The smallest absolute Gasteiger partial charge is 0.222 e. The molecular formula is C15H30N2O. The Labute approximate surface area is 112 Å². The topological polar surface area (TPSA) is 32.3 Å². The number of piperidine rings is 1. The number of amides is 1. The van der Waals surface area contributed by atoms with Crippen molar-refractivity contribution in [3.8, 4) is 0 Å². The van der Waals surface area contributed by atoms with E-state index in [4.69, 9.17) is 0 Å². The van der Waals surface area contributed by atoms with E-state index in [-0.39, 0.29) is 11.8 Å². The molecule has 18 heavy (non-hydrogen) atoms. The lowest BCUT2D eigenvalue weighted by molar-refractivity contribution is -0.124. The van der Waals surface area contributed by atoms with Crippen LogP contribution >= 0.6 is 0 Å². The summed E-state index contributed by atoms with van der Waals surface area (Å²) in [6, 6.07) is 0. The van der Waals surface area contributed by atoms with Gasteiger partial charge in [0.15, 0.2) is 0 Å². The Morgan fingerprint density at radius 2 is 2.00 bits per heavy atom. The minimum atomic E-state index is 0.102. The second-order valence-electron chi connectivity index (χ2n) is 5.87. The molecule has 3 heteroatoms. The molecule has 1 saturated heterocycles. The molecule has 0 radical (unpaired) electrons. The molecule has 0 atom stereocenters. The molecule has 106 valence electrons. The number of carbonyl (C=O) groups excluding carboxylic acids is 1. The van der Waals surface area contributed by atoms with E-state index in [1.165, 1.54) is 45.2 Å². The van der Waals surface area contributed by atoms with Gasteiger partial charge in [-0.05, 0) is 31.8 Å². The van der Waals surface area contributed by atoms with Crippen molar-refractivity contribution < 1.29 is 4.79 Å². The van der Waals surface area contributed by atoms with Gasteiger partial charge in [0.25, 0.3) is 0 Å². The van der Waals surface area contributed by atoms with Crippen LogP contribution in [-0.4, -0.2) is 37.0 Å². The summed E-state index contributed by atoms with van der Waals surface area (Å²) in [5, 5.41) is 2.99. The van der Waals surface area contributed by atoms with Crippen molar-refractivity contribution in [2.45, 2.75) is 52.9 Å². The average Bonchev–Trinajstić information content (AvgIpc) is 2.37. The molecule has 1 N–H and O–H groups in total. The van der Waals surface area contributed by atoms with Crippen LogP contribution in [0.5, 0.6) is 0 Å². The second kappa shape index (κ2) is 8.52. The molecule has 1 aliphatic rings. The second-order valence-corrected chi connectivity index (χ2v) is 5.87. The fourth-order valence-corrected chi connectivity index (χ4v) is 2.53. The zero-order chi connectivity index (χ0) is 13.4. The standard InChI is InChI=1S/C15H30N2O/c1-4-5-6-14-7-10-17(11-8-14)12-9-16-15(18)13(2)3/h13-14H,4-12H2,1-3H3,(H,16,18). The molecule has 0 unspecified atom stereocenters. The molecule has 1 fully saturated rings. The van der Waals surface area contributed by atoms with Gasteiger partial charge in [0.05, 0.1) is 0 Å². The first-order valence-corrected chi connectivity index (χ1v) is 7.63. The summed E-state index contributed by atoms with van der Waals surface area (Å²) >= 11 is 0. The minimum Gasteiger partial charge on any atom is -0.355 e. The van der Waals surface area contributed by atoms with Crippen LogP contribution in [0.1, 0.15) is 52.9 Å². The summed E-state index contributed by atoms with van der Waals surface area (Å²) in [5.74, 6) is 1.23. The zero-order valence-corrected chi connectivity index (χ0v) is 12.4. The van der Waals surface area contributed by atoms with Gasteiger partial charge < -0.3 is 10.2 Å². The van der Waals surface area contributed by atoms with Crippen molar-refractivity contribution in [1.82, 2.24) is 10.2 Å². The molecule has 1 amide bonds. The van der Waals surface area contributed by atoms with Gasteiger partial charge >= 0.3 is 0 Å². The summed E-state index contributed by atoms with van der Waals surface area (Å²) < 4.78 is 0. The predicted octanol–water partition coefficient (Wildman–Crippen LogP) is 2.66. The average molecular weight is 254 g/mol. The van der Waals surface area contributed by atoms with Gasteiger partial charge in [-0.2, -0.15) is 0 Å². The fourth-order valence-electron chi connectivity index (χ4n) is 2.53. The highest BCUT2D eigenvalue weighted by Gasteiger charge is 2.18. The Kier molecular flexibility index (Phi) is 7.33. The molecule has 3 nitrogen and oxygen atoms in total. The van der Waals surface area contributed by atoms with E-state index in [0.717, 1.165) is 19.0 Å². The van der Waals surface area contributed by atoms with Gasteiger partial charge in [0, 0.05) is 19.0 Å². The van der Waals surface area contributed by atoms with Crippen LogP contribution in [-0.2, 0) is 4.79 Å². The Hall–Kier alpha value is -0.570. The third kappa shape index (κ3) is 5.85. The number of likely N-dealkylation sites (tertiary alicyclic amines) is 1. The molecule has 0 spiro atoms. The molecule has 0 aliphatic carbocycles. The molecule has 0 aromatic rings. The predicted molar refractivity (Wildman–Crippen MR) is 76.5 cm³/mol. The van der Waals surface area contributed by atoms with Crippen LogP contribution in [0.2, 0.25) is 0 Å². The van der Waals surface area contributed by atoms with E-state index in [1.54, 1.807) is 0 Å². The van der Waals surface area contributed by atoms with Gasteiger partial charge in [-0.15, -0.1) is 0 Å². The monoisotopic (exact) mass is 254 g/mol. The highest BCUT2D eigenvalue weighted by Crippen LogP contribution is 2.22. The fraction of sp³-hybridized carbons (Fsp3) is 0.933. The Bertz CT molecular complexity index is 233. The molecule has 0 aromatic carbocycles. The zero-order valence-electron chi connectivity index (χ0n) is 12.4. The van der Waals surface area contributed by atoms with Crippen LogP contribution < -0.4 is 5.32 Å². The normalized spacial score (nSPS) is 18.2. The van der Waals surface area contributed by atoms with E-state index in [2.05, 4.69) is 17.1 Å². The Balaban J connectivity index is 2.07. The maximum absolute atomic E-state index is 11.4. The van der Waals surface area contributed by atoms with Crippen molar-refractivity contribution in [3.63, 3.8) is 0 Å². The van der Waals surface area contributed by atoms with Crippen molar-refractivity contribution in [2.75, 3.05) is 26.2 Å². The molecule has 1 rings (SSSR count). The van der Waals surface area contributed by atoms with Gasteiger partial charge in [-0.1, -0.05) is 40.0 Å². The minimum absolute atomic E-state index is 0.102. The van der Waals surface area contributed by atoms with Crippen LogP contribution in [0.25, 0.3) is 0 Å². The first-order chi connectivity index (χ1) is 8.63. The molecule has 0 bridgehead atoms. The summed E-state index contributed by atoms with van der Waals surface area (Å²) in [6.07, 6.45) is 6.81. The third-order valence-electron chi connectivity index (χ3n) is 3.92. The van der Waals surface area contributed by atoms with Crippen molar-refractivity contribution in [1.29, 1.82) is 0 Å².